The number of benzene rings is 1. The maximum atomic E-state index is 12.2. The normalized spacial score (nSPS) is 11.1. The summed E-state index contributed by atoms with van der Waals surface area (Å²) >= 11 is 1.17. The highest BCUT2D eigenvalue weighted by molar-refractivity contribution is 7.14. The van der Waals surface area contributed by atoms with Crippen molar-refractivity contribution in [3.8, 4) is 11.8 Å². The van der Waals surface area contributed by atoms with Crippen LogP contribution in [0.25, 0.3) is 0 Å². The number of hydrogen-bond donors (Lipinski definition) is 1. The molecule has 1 heterocycles. The first-order valence-electron chi connectivity index (χ1n) is 7.19. The van der Waals surface area contributed by atoms with E-state index in [1.807, 2.05) is 6.07 Å². The number of nitrogens with one attached hydrogen (secondary N) is 1. The Labute approximate surface area is 151 Å². The number of amides is 1. The molecule has 0 saturated carbocycles. The third-order valence-corrected chi connectivity index (χ3v) is 4.10. The van der Waals surface area contributed by atoms with E-state index in [4.69, 9.17) is 10.00 Å². The first kappa shape index (κ1) is 18.9. The molecule has 0 bridgehead atoms. The van der Waals surface area contributed by atoms with Gasteiger partial charge in [-0.25, -0.2) is 4.79 Å². The van der Waals surface area contributed by atoms with Gasteiger partial charge in [0.25, 0.3) is 5.91 Å². The van der Waals surface area contributed by atoms with E-state index in [-0.39, 0.29) is 11.3 Å². The average Bonchev–Trinajstić information content (AvgIpc) is 3.08. The van der Waals surface area contributed by atoms with Crippen molar-refractivity contribution >= 4 is 33.9 Å². The number of nitro groups is 1. The largest absolute Gasteiger partial charge is 0.474 e. The second-order valence-corrected chi connectivity index (χ2v) is 5.87. The summed E-state index contributed by atoms with van der Waals surface area (Å²) in [5.41, 5.74) is -0.175. The van der Waals surface area contributed by atoms with Crippen LogP contribution in [0.1, 0.15) is 22.8 Å². The number of rotatable bonds is 6. The number of methoxy groups -OCH3 is 1. The second-order valence-electron chi connectivity index (χ2n) is 4.96. The Morgan fingerprint density at radius 2 is 2.12 bits per heavy atom. The van der Waals surface area contributed by atoms with E-state index in [1.165, 1.54) is 30.4 Å². The van der Waals surface area contributed by atoms with E-state index in [0.29, 0.717) is 10.6 Å². The van der Waals surface area contributed by atoms with E-state index in [9.17, 15) is 19.7 Å². The number of carbonyl (C=O) groups is 2. The number of esters is 1. The molecule has 0 unspecified atom stereocenters. The van der Waals surface area contributed by atoms with Gasteiger partial charge in [-0.15, -0.1) is 11.3 Å². The Kier molecular flexibility index (Phi) is 5.87. The fourth-order valence-electron chi connectivity index (χ4n) is 1.96. The van der Waals surface area contributed by atoms with Crippen molar-refractivity contribution in [3.05, 3.63) is 50.9 Å². The molecule has 0 fully saturated rings. The van der Waals surface area contributed by atoms with Gasteiger partial charge in [0.05, 0.1) is 23.2 Å². The first-order valence-corrected chi connectivity index (χ1v) is 8.07. The van der Waals surface area contributed by atoms with Gasteiger partial charge in [-0.2, -0.15) is 5.26 Å². The minimum Gasteiger partial charge on any atom is -0.474 e. The lowest BCUT2D eigenvalue weighted by molar-refractivity contribution is -0.386. The number of carbonyl (C=O) groups excluding carboxylic acids is 2. The zero-order chi connectivity index (χ0) is 19.3. The Morgan fingerprint density at radius 1 is 1.38 bits per heavy atom. The molecule has 0 radical (unpaired) electrons. The molecule has 1 atom stereocenters. The molecule has 1 aromatic carbocycles. The average molecular weight is 375 g/mol. The molecule has 10 heteroatoms. The number of hydrogen-bond acceptors (Lipinski definition) is 8. The summed E-state index contributed by atoms with van der Waals surface area (Å²) in [5.74, 6) is -1.47. The van der Waals surface area contributed by atoms with Crippen LogP contribution < -0.4 is 10.1 Å². The SMILES string of the molecule is COC(=O)c1ccc(O[C@@H](C)C(=O)Nc2sccc2C#N)c([N+](=O)[O-])c1. The molecule has 0 aliphatic rings. The Morgan fingerprint density at radius 3 is 2.73 bits per heavy atom. The molecular formula is C16H13N3O6S. The second kappa shape index (κ2) is 8.09. The van der Waals surface area contributed by atoms with Gasteiger partial charge >= 0.3 is 11.7 Å². The van der Waals surface area contributed by atoms with Gasteiger partial charge in [-0.3, -0.25) is 14.9 Å². The number of nitrogens with zero attached hydrogens (tertiary/aromatic N) is 2. The highest BCUT2D eigenvalue weighted by Crippen LogP contribution is 2.29. The number of ether oxygens (including phenoxy) is 2. The van der Waals surface area contributed by atoms with Crippen molar-refractivity contribution in [2.75, 3.05) is 12.4 Å². The molecule has 2 rings (SSSR count). The maximum Gasteiger partial charge on any atom is 0.338 e. The maximum absolute atomic E-state index is 12.2. The van der Waals surface area contributed by atoms with Crippen molar-refractivity contribution in [2.45, 2.75) is 13.0 Å². The van der Waals surface area contributed by atoms with Crippen molar-refractivity contribution in [1.82, 2.24) is 0 Å². The van der Waals surface area contributed by atoms with Crippen LogP contribution in [0.3, 0.4) is 0 Å². The smallest absolute Gasteiger partial charge is 0.338 e. The van der Waals surface area contributed by atoms with Crippen molar-refractivity contribution in [1.29, 1.82) is 5.26 Å². The Bertz CT molecular complexity index is 902. The number of nitro benzene ring substituents is 1. The Hall–Kier alpha value is -3.45. The molecule has 0 aliphatic heterocycles. The van der Waals surface area contributed by atoms with Crippen LogP contribution in [-0.4, -0.2) is 30.0 Å². The van der Waals surface area contributed by atoms with Crippen molar-refractivity contribution in [2.24, 2.45) is 0 Å². The van der Waals surface area contributed by atoms with Gasteiger partial charge < -0.3 is 14.8 Å². The van der Waals surface area contributed by atoms with E-state index in [2.05, 4.69) is 10.1 Å². The third kappa shape index (κ3) is 4.14. The summed E-state index contributed by atoms with van der Waals surface area (Å²) in [6.07, 6.45) is -1.08. The summed E-state index contributed by atoms with van der Waals surface area (Å²) in [7, 11) is 1.16. The van der Waals surface area contributed by atoms with Gasteiger partial charge in [0.2, 0.25) is 0 Å². The van der Waals surface area contributed by atoms with Crippen molar-refractivity contribution in [3.63, 3.8) is 0 Å². The van der Waals surface area contributed by atoms with Gasteiger partial charge in [0.1, 0.15) is 11.1 Å². The molecule has 9 nitrogen and oxygen atoms in total. The molecule has 26 heavy (non-hydrogen) atoms. The molecule has 134 valence electrons. The van der Waals surface area contributed by atoms with Crippen LogP contribution in [0.2, 0.25) is 0 Å². The van der Waals surface area contributed by atoms with Gasteiger partial charge in [0.15, 0.2) is 11.9 Å². The molecule has 0 saturated heterocycles. The van der Waals surface area contributed by atoms with Crippen LogP contribution in [-0.2, 0) is 9.53 Å². The molecule has 1 amide bonds. The van der Waals surface area contributed by atoms with Gasteiger partial charge in [0, 0.05) is 6.07 Å². The topological polar surface area (TPSA) is 132 Å². The predicted molar refractivity (Wildman–Crippen MR) is 92.2 cm³/mol. The van der Waals surface area contributed by atoms with Gasteiger partial charge in [-0.05, 0) is 30.5 Å². The molecular weight excluding hydrogens is 362 g/mol. The number of nitriles is 1. The molecule has 0 aliphatic carbocycles. The minimum absolute atomic E-state index is 0.0131. The monoisotopic (exact) mass is 375 g/mol. The van der Waals surface area contributed by atoms with Crippen LogP contribution in [0.15, 0.2) is 29.6 Å². The third-order valence-electron chi connectivity index (χ3n) is 3.27. The van der Waals surface area contributed by atoms with Crippen LogP contribution in [0.4, 0.5) is 10.7 Å². The van der Waals surface area contributed by atoms with Crippen LogP contribution >= 0.6 is 11.3 Å². The lowest BCUT2D eigenvalue weighted by Gasteiger charge is -2.14. The minimum atomic E-state index is -1.08. The standard InChI is InChI=1S/C16H13N3O6S/c1-9(14(20)18-15-11(8-17)5-6-26-15)25-13-4-3-10(16(21)24-2)7-12(13)19(22)23/h3-7,9H,1-2H3,(H,18,20)/t9-/m0/s1. The zero-order valence-electron chi connectivity index (χ0n) is 13.7. The summed E-state index contributed by atoms with van der Waals surface area (Å²) in [4.78, 5) is 34.2. The number of thiophene rings is 1. The summed E-state index contributed by atoms with van der Waals surface area (Å²) in [6, 6.07) is 7.03. The van der Waals surface area contributed by atoms with E-state index < -0.39 is 28.6 Å². The predicted octanol–water partition coefficient (Wildman–Crippen LogP) is 2.72. The van der Waals surface area contributed by atoms with E-state index in [1.54, 1.807) is 11.4 Å². The molecule has 1 N–H and O–H groups in total. The van der Waals surface area contributed by atoms with E-state index in [0.717, 1.165) is 13.2 Å². The van der Waals surface area contributed by atoms with Crippen LogP contribution in [0, 0.1) is 21.4 Å². The summed E-state index contributed by atoms with van der Waals surface area (Å²) in [5, 5.41) is 24.7. The summed E-state index contributed by atoms with van der Waals surface area (Å²) in [6.45, 7) is 1.41. The highest BCUT2D eigenvalue weighted by atomic mass is 32.1. The Balaban J connectivity index is 2.18. The van der Waals surface area contributed by atoms with Crippen molar-refractivity contribution < 1.29 is 24.0 Å². The zero-order valence-corrected chi connectivity index (χ0v) is 14.5. The highest BCUT2D eigenvalue weighted by Gasteiger charge is 2.24. The van der Waals surface area contributed by atoms with E-state index >= 15 is 0 Å². The lowest BCUT2D eigenvalue weighted by Crippen LogP contribution is -2.30. The summed E-state index contributed by atoms with van der Waals surface area (Å²) < 4.78 is 9.89. The molecule has 0 spiro atoms. The van der Waals surface area contributed by atoms with Gasteiger partial charge in [-0.1, -0.05) is 0 Å². The first-order chi connectivity index (χ1) is 12.4. The molecule has 1 aromatic heterocycles. The quantitative estimate of drug-likeness (QED) is 0.466. The molecule has 2 aromatic rings. The fourth-order valence-corrected chi connectivity index (χ4v) is 2.70. The lowest BCUT2D eigenvalue weighted by atomic mass is 10.2. The van der Waals surface area contributed by atoms with Crippen LogP contribution in [0.5, 0.6) is 5.75 Å². The number of anilines is 1. The fraction of sp³-hybridized carbons (Fsp3) is 0.188.